The molecule has 2 amide bonds. The molecule has 0 bridgehead atoms. The van der Waals surface area contributed by atoms with Crippen molar-refractivity contribution < 1.29 is 4.79 Å². The number of amides is 2. The summed E-state index contributed by atoms with van der Waals surface area (Å²) in [6.45, 7) is 3.70. The minimum absolute atomic E-state index is 0.520. The Morgan fingerprint density at radius 3 is 2.71 bits per heavy atom. The molecule has 0 saturated carbocycles. The van der Waals surface area contributed by atoms with E-state index in [1.54, 1.807) is 18.2 Å². The number of benzene rings is 1. The molecule has 1 aromatic carbocycles. The Hall–Kier alpha value is -1.68. The third-order valence-corrected chi connectivity index (χ3v) is 1.74. The number of carbonyl (C=O) groups is 1. The van der Waals surface area contributed by atoms with E-state index in [1.807, 2.05) is 6.07 Å². The Balaban J connectivity index is 2.65. The summed E-state index contributed by atoms with van der Waals surface area (Å²) in [5, 5.41) is 0.601. The highest BCUT2D eigenvalue weighted by Gasteiger charge is 1.99. The predicted octanol–water partition coefficient (Wildman–Crippen LogP) is 1.48. The number of urea groups is 1. The minimum Gasteiger partial charge on any atom is -0.350 e. The van der Waals surface area contributed by atoms with Gasteiger partial charge >= 0.3 is 6.03 Å². The third kappa shape index (κ3) is 2.99. The highest BCUT2D eigenvalue weighted by atomic mass is 35.5. The van der Waals surface area contributed by atoms with Crippen molar-refractivity contribution in [2.75, 3.05) is 0 Å². The number of hydrogen-bond donors (Lipinski definition) is 3. The van der Waals surface area contributed by atoms with E-state index in [0.29, 0.717) is 10.7 Å². The fourth-order valence-electron chi connectivity index (χ4n) is 0.885. The van der Waals surface area contributed by atoms with E-state index in [4.69, 9.17) is 17.3 Å². The number of halogens is 1. The molecule has 14 heavy (non-hydrogen) atoms. The van der Waals surface area contributed by atoms with Crippen LogP contribution in [0.5, 0.6) is 0 Å². The smallest absolute Gasteiger partial charge is 0.330 e. The van der Waals surface area contributed by atoms with Crippen LogP contribution < -0.4 is 16.6 Å². The lowest BCUT2D eigenvalue weighted by atomic mass is 10.2. The van der Waals surface area contributed by atoms with Gasteiger partial charge in [-0.15, -0.1) is 0 Å². The van der Waals surface area contributed by atoms with Crippen molar-refractivity contribution in [3.63, 3.8) is 0 Å². The fourth-order valence-corrected chi connectivity index (χ4v) is 1.08. The summed E-state index contributed by atoms with van der Waals surface area (Å²) in [7, 11) is 0. The Bertz CT molecular complexity index is 365. The zero-order valence-corrected chi connectivity index (χ0v) is 8.14. The van der Waals surface area contributed by atoms with Crippen LogP contribution in [0.1, 0.15) is 5.56 Å². The van der Waals surface area contributed by atoms with Gasteiger partial charge in [-0.1, -0.05) is 30.3 Å². The highest BCUT2D eigenvalue weighted by molar-refractivity contribution is 6.30. The van der Waals surface area contributed by atoms with Crippen molar-refractivity contribution >= 4 is 23.3 Å². The van der Waals surface area contributed by atoms with Crippen LogP contribution in [0.15, 0.2) is 30.8 Å². The third-order valence-electron chi connectivity index (χ3n) is 1.51. The van der Waals surface area contributed by atoms with E-state index in [9.17, 15) is 4.79 Å². The van der Waals surface area contributed by atoms with Gasteiger partial charge in [-0.05, 0) is 12.1 Å². The zero-order chi connectivity index (χ0) is 10.6. The van der Waals surface area contributed by atoms with E-state index in [2.05, 4.69) is 17.4 Å². The van der Waals surface area contributed by atoms with Crippen LogP contribution in [0.4, 0.5) is 4.79 Å². The molecule has 0 aliphatic rings. The number of rotatable bonds is 3. The SMILES string of the molecule is C=C(NNC(N)=O)c1cccc(Cl)c1. The maximum atomic E-state index is 10.4. The first-order valence-corrected chi connectivity index (χ1v) is 4.23. The van der Waals surface area contributed by atoms with Gasteiger partial charge in [-0.25, -0.2) is 4.79 Å². The molecular formula is C9H10ClN3O. The van der Waals surface area contributed by atoms with Gasteiger partial charge in [0.25, 0.3) is 0 Å². The van der Waals surface area contributed by atoms with Gasteiger partial charge in [0.2, 0.25) is 0 Å². The molecule has 0 aromatic heterocycles. The van der Waals surface area contributed by atoms with Crippen molar-refractivity contribution in [1.29, 1.82) is 0 Å². The summed E-state index contributed by atoms with van der Waals surface area (Å²) in [5.74, 6) is 0. The first-order chi connectivity index (χ1) is 6.59. The van der Waals surface area contributed by atoms with Crippen LogP contribution >= 0.6 is 11.6 Å². The lowest BCUT2D eigenvalue weighted by Crippen LogP contribution is -2.39. The van der Waals surface area contributed by atoms with Gasteiger partial charge in [0.1, 0.15) is 0 Å². The van der Waals surface area contributed by atoms with Crippen LogP contribution in [0.3, 0.4) is 0 Å². The lowest BCUT2D eigenvalue weighted by Gasteiger charge is -2.09. The molecule has 0 aliphatic heterocycles. The number of hydrazine groups is 1. The molecule has 4 N–H and O–H groups in total. The van der Waals surface area contributed by atoms with Gasteiger partial charge in [0, 0.05) is 10.6 Å². The summed E-state index contributed by atoms with van der Waals surface area (Å²) in [6, 6.07) is 6.39. The van der Waals surface area contributed by atoms with Crippen molar-refractivity contribution in [2.24, 2.45) is 5.73 Å². The summed E-state index contributed by atoms with van der Waals surface area (Å²) in [5.41, 5.74) is 10.9. The number of nitrogens with one attached hydrogen (secondary N) is 2. The van der Waals surface area contributed by atoms with Gasteiger partial charge < -0.3 is 5.73 Å². The standard InChI is InChI=1S/C9H10ClN3O/c1-6(12-13-9(11)14)7-3-2-4-8(10)5-7/h2-5,12H,1H2,(H3,11,13,14). The van der Waals surface area contributed by atoms with Crippen LogP contribution in [0, 0.1) is 0 Å². The zero-order valence-electron chi connectivity index (χ0n) is 7.38. The molecule has 1 aromatic rings. The Kier molecular flexibility index (Phi) is 3.36. The van der Waals surface area contributed by atoms with E-state index < -0.39 is 6.03 Å². The molecule has 0 fully saturated rings. The van der Waals surface area contributed by atoms with Crippen LogP contribution in [0.25, 0.3) is 5.70 Å². The largest absolute Gasteiger partial charge is 0.350 e. The maximum absolute atomic E-state index is 10.4. The molecule has 0 atom stereocenters. The molecule has 5 heteroatoms. The summed E-state index contributed by atoms with van der Waals surface area (Å²) in [6.07, 6.45) is 0. The normalized spacial score (nSPS) is 9.21. The molecule has 0 unspecified atom stereocenters. The van der Waals surface area contributed by atoms with Crippen LogP contribution in [0.2, 0.25) is 5.02 Å². The van der Waals surface area contributed by atoms with Gasteiger partial charge in [0.05, 0.1) is 5.70 Å². The molecule has 0 saturated heterocycles. The van der Waals surface area contributed by atoms with Gasteiger partial charge in [-0.3, -0.25) is 10.9 Å². The molecule has 74 valence electrons. The minimum atomic E-state index is -0.673. The van der Waals surface area contributed by atoms with E-state index in [-0.39, 0.29) is 0 Å². The monoisotopic (exact) mass is 211 g/mol. The van der Waals surface area contributed by atoms with E-state index in [1.165, 1.54) is 0 Å². The van der Waals surface area contributed by atoms with Crippen molar-refractivity contribution in [1.82, 2.24) is 10.9 Å². The second kappa shape index (κ2) is 4.53. The highest BCUT2D eigenvalue weighted by Crippen LogP contribution is 2.14. The van der Waals surface area contributed by atoms with Crippen LogP contribution in [-0.2, 0) is 0 Å². The molecule has 0 spiro atoms. The predicted molar refractivity (Wildman–Crippen MR) is 56.3 cm³/mol. The first-order valence-electron chi connectivity index (χ1n) is 3.86. The maximum Gasteiger partial charge on any atom is 0.330 e. The number of primary amides is 1. The number of nitrogens with two attached hydrogens (primary N) is 1. The van der Waals surface area contributed by atoms with Gasteiger partial charge in [0.15, 0.2) is 0 Å². The molecular weight excluding hydrogens is 202 g/mol. The summed E-state index contributed by atoms with van der Waals surface area (Å²) >= 11 is 5.77. The number of carbonyl (C=O) groups excluding carboxylic acids is 1. The average molecular weight is 212 g/mol. The second-order valence-corrected chi connectivity index (χ2v) is 3.04. The van der Waals surface area contributed by atoms with E-state index in [0.717, 1.165) is 5.56 Å². The Morgan fingerprint density at radius 2 is 2.14 bits per heavy atom. The molecule has 1 rings (SSSR count). The molecule has 0 heterocycles. The average Bonchev–Trinajstić information content (AvgIpc) is 2.14. The first kappa shape index (κ1) is 10.4. The molecule has 0 aliphatic carbocycles. The quantitative estimate of drug-likeness (QED) is 0.663. The number of hydrogen-bond acceptors (Lipinski definition) is 2. The van der Waals surface area contributed by atoms with E-state index >= 15 is 0 Å². The topological polar surface area (TPSA) is 67.2 Å². The summed E-state index contributed by atoms with van der Waals surface area (Å²) in [4.78, 5) is 10.4. The Labute approximate surface area is 86.7 Å². The summed E-state index contributed by atoms with van der Waals surface area (Å²) < 4.78 is 0. The molecule has 4 nitrogen and oxygen atoms in total. The van der Waals surface area contributed by atoms with Crippen molar-refractivity contribution in [3.8, 4) is 0 Å². The molecule has 0 radical (unpaired) electrons. The van der Waals surface area contributed by atoms with Crippen LogP contribution in [-0.4, -0.2) is 6.03 Å². The lowest BCUT2D eigenvalue weighted by molar-refractivity contribution is 0.247. The van der Waals surface area contributed by atoms with Crippen molar-refractivity contribution in [3.05, 3.63) is 41.4 Å². The van der Waals surface area contributed by atoms with Crippen molar-refractivity contribution in [2.45, 2.75) is 0 Å². The Morgan fingerprint density at radius 1 is 1.43 bits per heavy atom. The second-order valence-electron chi connectivity index (χ2n) is 2.60. The fraction of sp³-hybridized carbons (Fsp3) is 0. The van der Waals surface area contributed by atoms with Gasteiger partial charge in [-0.2, -0.15) is 0 Å².